The number of carboxylic acid groups (broad SMARTS) is 1. The number of benzene rings is 1. The molecule has 0 fully saturated rings. The molecule has 7 nitrogen and oxygen atoms in total. The van der Waals surface area contributed by atoms with Crippen LogP contribution in [-0.4, -0.2) is 35.4 Å². The van der Waals surface area contributed by atoms with Gasteiger partial charge in [-0.2, -0.15) is 13.2 Å². The second kappa shape index (κ2) is 6.29. The van der Waals surface area contributed by atoms with E-state index in [1.807, 2.05) is 0 Å². The third-order valence-electron chi connectivity index (χ3n) is 2.36. The van der Waals surface area contributed by atoms with Crippen LogP contribution >= 0.6 is 0 Å². The Balaban J connectivity index is 3.14. The summed E-state index contributed by atoms with van der Waals surface area (Å²) in [6.45, 7) is 0. The van der Waals surface area contributed by atoms with E-state index < -0.39 is 41.0 Å². The van der Waals surface area contributed by atoms with Crippen molar-refractivity contribution in [2.45, 2.75) is 18.7 Å². The van der Waals surface area contributed by atoms with Gasteiger partial charge in [-0.15, -0.1) is 0 Å². The van der Waals surface area contributed by atoms with Gasteiger partial charge < -0.3 is 14.6 Å². The molecule has 0 aromatic heterocycles. The van der Waals surface area contributed by atoms with Gasteiger partial charge in [-0.3, -0.25) is 14.9 Å². The molecule has 0 bridgehead atoms. The monoisotopic (exact) mass is 309 g/mol. The maximum atomic E-state index is 12.7. The van der Waals surface area contributed by atoms with Crippen molar-refractivity contribution in [1.82, 2.24) is 0 Å². The molecule has 0 heterocycles. The van der Waals surface area contributed by atoms with E-state index in [1.54, 1.807) is 0 Å². The van der Waals surface area contributed by atoms with Crippen molar-refractivity contribution < 1.29 is 37.5 Å². The number of carbonyl (C=O) groups is 1. The van der Waals surface area contributed by atoms with Crippen molar-refractivity contribution in [3.05, 3.63) is 28.3 Å². The summed E-state index contributed by atoms with van der Waals surface area (Å²) in [5, 5.41) is 19.3. The van der Waals surface area contributed by atoms with E-state index in [4.69, 9.17) is 9.84 Å². The Morgan fingerprint density at radius 1 is 1.48 bits per heavy atom. The van der Waals surface area contributed by atoms with E-state index in [0.29, 0.717) is 0 Å². The number of halogens is 3. The van der Waals surface area contributed by atoms with E-state index in [9.17, 15) is 28.1 Å². The van der Waals surface area contributed by atoms with E-state index in [2.05, 4.69) is 4.74 Å². The molecular formula is C11H10F3NO6. The van der Waals surface area contributed by atoms with Crippen molar-refractivity contribution in [3.8, 4) is 11.5 Å². The smallest absolute Gasteiger partial charge is 0.426 e. The zero-order valence-electron chi connectivity index (χ0n) is 10.6. The number of nitro benzene ring substituents is 1. The number of carboxylic acids is 1. The van der Waals surface area contributed by atoms with Gasteiger partial charge in [-0.05, 0) is 12.1 Å². The Morgan fingerprint density at radius 2 is 2.10 bits per heavy atom. The Hall–Kier alpha value is -2.52. The number of hydrogen-bond donors (Lipinski definition) is 1. The van der Waals surface area contributed by atoms with Gasteiger partial charge in [-0.25, -0.2) is 0 Å². The van der Waals surface area contributed by atoms with Gasteiger partial charge in [0.05, 0.1) is 24.5 Å². The topological polar surface area (TPSA) is 98.9 Å². The van der Waals surface area contributed by atoms with Crippen LogP contribution in [0.4, 0.5) is 18.9 Å². The molecule has 0 spiro atoms. The van der Waals surface area contributed by atoms with Gasteiger partial charge >= 0.3 is 17.8 Å². The SMILES string of the molecule is COc1ccc(OC(CC(=O)O)C(F)(F)F)c([N+](=O)[O-])c1. The fourth-order valence-corrected chi connectivity index (χ4v) is 1.40. The minimum Gasteiger partial charge on any atom is -0.496 e. The van der Waals surface area contributed by atoms with E-state index in [0.717, 1.165) is 18.2 Å². The molecule has 0 saturated heterocycles. The van der Waals surface area contributed by atoms with E-state index >= 15 is 0 Å². The fourth-order valence-electron chi connectivity index (χ4n) is 1.40. The first-order valence-electron chi connectivity index (χ1n) is 5.42. The van der Waals surface area contributed by atoms with Crippen molar-refractivity contribution >= 4 is 11.7 Å². The molecule has 0 aliphatic heterocycles. The number of rotatable bonds is 6. The van der Waals surface area contributed by atoms with Gasteiger partial charge in [0, 0.05) is 0 Å². The second-order valence-electron chi connectivity index (χ2n) is 3.84. The van der Waals surface area contributed by atoms with Crippen molar-refractivity contribution in [3.63, 3.8) is 0 Å². The van der Waals surface area contributed by atoms with Crippen LogP contribution in [0.2, 0.25) is 0 Å². The number of hydrogen-bond acceptors (Lipinski definition) is 5. The summed E-state index contributed by atoms with van der Waals surface area (Å²) >= 11 is 0. The number of alkyl halides is 3. The minimum absolute atomic E-state index is 0.0517. The Labute approximate surface area is 116 Å². The summed E-state index contributed by atoms with van der Waals surface area (Å²) in [5.74, 6) is -2.38. The summed E-state index contributed by atoms with van der Waals surface area (Å²) in [7, 11) is 1.22. The molecule has 1 atom stereocenters. The molecule has 21 heavy (non-hydrogen) atoms. The molecule has 0 saturated carbocycles. The Bertz CT molecular complexity index is 545. The molecule has 116 valence electrons. The van der Waals surface area contributed by atoms with Crippen molar-refractivity contribution in [2.75, 3.05) is 7.11 Å². The fraction of sp³-hybridized carbons (Fsp3) is 0.364. The van der Waals surface area contributed by atoms with Crippen molar-refractivity contribution in [1.29, 1.82) is 0 Å². The van der Waals surface area contributed by atoms with Crippen LogP contribution in [0, 0.1) is 10.1 Å². The quantitative estimate of drug-likeness (QED) is 0.640. The Morgan fingerprint density at radius 3 is 2.52 bits per heavy atom. The van der Waals surface area contributed by atoms with Crippen LogP contribution in [-0.2, 0) is 4.79 Å². The zero-order chi connectivity index (χ0) is 16.2. The maximum absolute atomic E-state index is 12.7. The van der Waals surface area contributed by atoms with Crippen LogP contribution in [0.5, 0.6) is 11.5 Å². The molecule has 1 unspecified atom stereocenters. The lowest BCUT2D eigenvalue weighted by Crippen LogP contribution is -2.36. The van der Waals surface area contributed by atoms with Gasteiger partial charge in [0.25, 0.3) is 0 Å². The van der Waals surface area contributed by atoms with Crippen LogP contribution in [0.25, 0.3) is 0 Å². The molecular weight excluding hydrogens is 299 g/mol. The number of nitro groups is 1. The summed E-state index contributed by atoms with van der Waals surface area (Å²) in [6, 6.07) is 2.96. The third-order valence-corrected chi connectivity index (χ3v) is 2.36. The summed E-state index contributed by atoms with van der Waals surface area (Å²) < 4.78 is 47.2. The summed E-state index contributed by atoms with van der Waals surface area (Å²) in [4.78, 5) is 20.3. The lowest BCUT2D eigenvalue weighted by molar-refractivity contribution is -0.386. The predicted octanol–water partition coefficient (Wildman–Crippen LogP) is 2.39. The average molecular weight is 309 g/mol. The lowest BCUT2D eigenvalue weighted by Gasteiger charge is -2.20. The zero-order valence-corrected chi connectivity index (χ0v) is 10.6. The third kappa shape index (κ3) is 4.51. The largest absolute Gasteiger partial charge is 0.496 e. The molecule has 1 aromatic carbocycles. The molecule has 1 aromatic rings. The highest BCUT2D eigenvalue weighted by Crippen LogP contribution is 2.35. The summed E-state index contributed by atoms with van der Waals surface area (Å²) in [6.07, 6.45) is -9.04. The number of methoxy groups -OCH3 is 1. The normalized spacial score (nSPS) is 12.6. The van der Waals surface area contributed by atoms with Crippen molar-refractivity contribution in [2.24, 2.45) is 0 Å². The maximum Gasteiger partial charge on any atom is 0.426 e. The van der Waals surface area contributed by atoms with Gasteiger partial charge in [0.1, 0.15) is 5.75 Å². The molecule has 10 heteroatoms. The van der Waals surface area contributed by atoms with Gasteiger partial charge in [0.2, 0.25) is 6.10 Å². The van der Waals surface area contributed by atoms with E-state index in [-0.39, 0.29) is 5.75 Å². The first kappa shape index (κ1) is 16.5. The molecule has 0 radical (unpaired) electrons. The predicted molar refractivity (Wildman–Crippen MR) is 62.4 cm³/mol. The highest BCUT2D eigenvalue weighted by atomic mass is 19.4. The Kier molecular flexibility index (Phi) is 4.95. The van der Waals surface area contributed by atoms with Crippen LogP contribution in [0.1, 0.15) is 6.42 Å². The molecule has 0 aliphatic carbocycles. The molecule has 1 rings (SSSR count). The second-order valence-corrected chi connectivity index (χ2v) is 3.84. The van der Waals surface area contributed by atoms with Crippen LogP contribution in [0.15, 0.2) is 18.2 Å². The van der Waals surface area contributed by atoms with Crippen LogP contribution < -0.4 is 9.47 Å². The number of nitrogens with zero attached hydrogens (tertiary/aromatic N) is 1. The highest BCUT2D eigenvalue weighted by Gasteiger charge is 2.44. The van der Waals surface area contributed by atoms with E-state index in [1.165, 1.54) is 7.11 Å². The highest BCUT2D eigenvalue weighted by molar-refractivity contribution is 5.67. The summed E-state index contributed by atoms with van der Waals surface area (Å²) in [5.41, 5.74) is -0.756. The van der Waals surface area contributed by atoms with Gasteiger partial charge in [0.15, 0.2) is 5.75 Å². The van der Waals surface area contributed by atoms with Gasteiger partial charge in [-0.1, -0.05) is 0 Å². The minimum atomic E-state index is -4.98. The molecule has 0 amide bonds. The average Bonchev–Trinajstić information content (AvgIpc) is 2.36. The lowest BCUT2D eigenvalue weighted by atomic mass is 10.2. The first-order chi connectivity index (χ1) is 9.65. The molecule has 1 N–H and O–H groups in total. The first-order valence-corrected chi connectivity index (χ1v) is 5.42. The molecule has 0 aliphatic rings. The number of aliphatic carboxylic acids is 1. The number of ether oxygens (including phenoxy) is 2. The van der Waals surface area contributed by atoms with Crippen LogP contribution in [0.3, 0.4) is 0 Å². The standard InChI is InChI=1S/C11H10F3NO6/c1-20-6-2-3-8(7(4-6)15(18)19)21-9(5-10(16)17)11(12,13)14/h2-4,9H,5H2,1H3,(H,16,17).